The monoisotopic (exact) mass is 433 g/mol. The normalized spacial score (nSPS) is 12.9. The number of hydrogen-bond acceptors (Lipinski definition) is 7. The highest BCUT2D eigenvalue weighted by Crippen LogP contribution is 2.30. The van der Waals surface area contributed by atoms with Gasteiger partial charge in [0.2, 0.25) is 0 Å². The molecule has 0 spiro atoms. The Balaban J connectivity index is 1.48. The SMILES string of the molecule is Cc1ccc(S(C)(=O)=O)cc1C(=O)OCC(=O)NCCc1ccc2c(c1)OCCO2. The lowest BCUT2D eigenvalue weighted by Crippen LogP contribution is -2.30. The van der Waals surface area contributed by atoms with E-state index in [4.69, 9.17) is 14.2 Å². The minimum Gasteiger partial charge on any atom is -0.486 e. The first kappa shape index (κ1) is 21.6. The van der Waals surface area contributed by atoms with E-state index in [2.05, 4.69) is 5.32 Å². The Bertz CT molecular complexity index is 1060. The first-order chi connectivity index (χ1) is 14.2. The van der Waals surface area contributed by atoms with Crippen molar-refractivity contribution in [1.82, 2.24) is 5.32 Å². The summed E-state index contributed by atoms with van der Waals surface area (Å²) in [5.74, 6) is 0.194. The summed E-state index contributed by atoms with van der Waals surface area (Å²) in [5, 5.41) is 2.68. The smallest absolute Gasteiger partial charge is 0.338 e. The van der Waals surface area contributed by atoms with Crippen molar-refractivity contribution in [2.75, 3.05) is 32.6 Å². The first-order valence-corrected chi connectivity index (χ1v) is 11.3. The fourth-order valence-corrected chi connectivity index (χ4v) is 3.55. The van der Waals surface area contributed by atoms with Gasteiger partial charge < -0.3 is 19.5 Å². The quantitative estimate of drug-likeness (QED) is 0.662. The van der Waals surface area contributed by atoms with Gasteiger partial charge in [0.15, 0.2) is 27.9 Å². The standard InChI is InChI=1S/C21H23NO7S/c1-14-3-5-16(30(2,25)26)12-17(14)21(24)29-13-20(23)22-8-7-15-4-6-18-19(11-15)28-10-9-27-18/h3-6,11-12H,7-10,13H2,1-2H3,(H,22,23). The van der Waals surface area contributed by atoms with Gasteiger partial charge in [0.1, 0.15) is 13.2 Å². The third kappa shape index (κ3) is 5.50. The second-order valence-electron chi connectivity index (χ2n) is 6.90. The Morgan fingerprint density at radius 3 is 2.53 bits per heavy atom. The van der Waals surface area contributed by atoms with Crippen LogP contribution in [-0.2, 0) is 25.8 Å². The van der Waals surface area contributed by atoms with Crippen LogP contribution in [0.4, 0.5) is 0 Å². The molecule has 0 fully saturated rings. The molecule has 0 aliphatic carbocycles. The molecule has 0 unspecified atom stereocenters. The second-order valence-corrected chi connectivity index (χ2v) is 8.92. The van der Waals surface area contributed by atoms with E-state index in [1.54, 1.807) is 6.92 Å². The summed E-state index contributed by atoms with van der Waals surface area (Å²) in [6.07, 6.45) is 1.63. The Kier molecular flexibility index (Phi) is 6.61. The molecule has 2 aromatic rings. The van der Waals surface area contributed by atoms with E-state index in [0.29, 0.717) is 43.2 Å². The number of rotatable bonds is 7. The molecule has 30 heavy (non-hydrogen) atoms. The molecule has 0 aromatic heterocycles. The van der Waals surface area contributed by atoms with Crippen LogP contribution in [0.15, 0.2) is 41.3 Å². The van der Waals surface area contributed by atoms with Crippen molar-refractivity contribution in [2.45, 2.75) is 18.2 Å². The molecule has 0 saturated heterocycles. The van der Waals surface area contributed by atoms with E-state index in [1.165, 1.54) is 18.2 Å². The van der Waals surface area contributed by atoms with E-state index in [1.807, 2.05) is 18.2 Å². The number of ether oxygens (including phenoxy) is 3. The molecule has 1 aliphatic heterocycles. The van der Waals surface area contributed by atoms with Crippen LogP contribution in [-0.4, -0.2) is 52.9 Å². The van der Waals surface area contributed by atoms with Gasteiger partial charge in [-0.25, -0.2) is 13.2 Å². The van der Waals surface area contributed by atoms with E-state index in [-0.39, 0.29) is 10.5 Å². The summed E-state index contributed by atoms with van der Waals surface area (Å²) in [7, 11) is -3.46. The average Bonchev–Trinajstić information content (AvgIpc) is 2.71. The number of aryl methyl sites for hydroxylation is 1. The van der Waals surface area contributed by atoms with Crippen molar-refractivity contribution in [1.29, 1.82) is 0 Å². The molecule has 1 amide bonds. The maximum absolute atomic E-state index is 12.3. The summed E-state index contributed by atoms with van der Waals surface area (Å²) >= 11 is 0. The van der Waals surface area contributed by atoms with Gasteiger partial charge in [0, 0.05) is 12.8 Å². The molecule has 0 radical (unpaired) electrons. The van der Waals surface area contributed by atoms with Crippen molar-refractivity contribution in [2.24, 2.45) is 0 Å². The van der Waals surface area contributed by atoms with Crippen LogP contribution in [0.25, 0.3) is 0 Å². The Morgan fingerprint density at radius 1 is 1.07 bits per heavy atom. The van der Waals surface area contributed by atoms with Gasteiger partial charge in [-0.1, -0.05) is 12.1 Å². The van der Waals surface area contributed by atoms with Crippen molar-refractivity contribution < 1.29 is 32.2 Å². The molecule has 160 valence electrons. The van der Waals surface area contributed by atoms with Gasteiger partial charge in [-0.05, 0) is 48.7 Å². The number of hydrogen-bond donors (Lipinski definition) is 1. The van der Waals surface area contributed by atoms with Crippen LogP contribution in [0, 0.1) is 6.92 Å². The third-order valence-corrected chi connectivity index (χ3v) is 5.64. The molecule has 1 N–H and O–H groups in total. The largest absolute Gasteiger partial charge is 0.486 e. The zero-order valence-electron chi connectivity index (χ0n) is 16.8. The lowest BCUT2D eigenvalue weighted by atomic mass is 10.1. The summed E-state index contributed by atoms with van der Waals surface area (Å²) < 4.78 is 39.4. The van der Waals surface area contributed by atoms with Crippen LogP contribution in [0.2, 0.25) is 0 Å². The predicted octanol–water partition coefficient (Wildman–Crippen LogP) is 1.69. The lowest BCUT2D eigenvalue weighted by Gasteiger charge is -2.18. The zero-order chi connectivity index (χ0) is 21.7. The van der Waals surface area contributed by atoms with Crippen molar-refractivity contribution in [3.8, 4) is 11.5 Å². The second kappa shape index (κ2) is 9.17. The molecule has 8 nitrogen and oxygen atoms in total. The van der Waals surface area contributed by atoms with E-state index < -0.39 is 28.3 Å². The number of carbonyl (C=O) groups excluding carboxylic acids is 2. The fourth-order valence-electron chi connectivity index (χ4n) is 2.90. The number of amides is 1. The minimum atomic E-state index is -3.46. The minimum absolute atomic E-state index is 0.0175. The molecule has 0 atom stereocenters. The molecular weight excluding hydrogens is 410 g/mol. The first-order valence-electron chi connectivity index (χ1n) is 9.37. The number of carbonyl (C=O) groups is 2. The van der Waals surface area contributed by atoms with Crippen molar-refractivity contribution in [3.63, 3.8) is 0 Å². The van der Waals surface area contributed by atoms with Crippen LogP contribution >= 0.6 is 0 Å². The molecule has 9 heteroatoms. The van der Waals surface area contributed by atoms with Gasteiger partial charge in [0.25, 0.3) is 5.91 Å². The topological polar surface area (TPSA) is 108 Å². The summed E-state index contributed by atoms with van der Waals surface area (Å²) in [6, 6.07) is 9.81. The molecular formula is C21H23NO7S. The third-order valence-electron chi connectivity index (χ3n) is 4.53. The summed E-state index contributed by atoms with van der Waals surface area (Å²) in [6.45, 7) is 2.60. The molecule has 0 saturated carbocycles. The number of benzene rings is 2. The Morgan fingerprint density at radius 2 is 1.80 bits per heavy atom. The predicted molar refractivity (Wildman–Crippen MR) is 109 cm³/mol. The van der Waals surface area contributed by atoms with Crippen LogP contribution in [0.3, 0.4) is 0 Å². The van der Waals surface area contributed by atoms with E-state index in [0.717, 1.165) is 11.8 Å². The highest BCUT2D eigenvalue weighted by molar-refractivity contribution is 7.90. The maximum atomic E-state index is 12.3. The van der Waals surface area contributed by atoms with Gasteiger partial charge in [0.05, 0.1) is 10.5 Å². The molecule has 2 aromatic carbocycles. The Hall–Kier alpha value is -3.07. The van der Waals surface area contributed by atoms with Crippen molar-refractivity contribution >= 4 is 21.7 Å². The summed E-state index contributed by atoms with van der Waals surface area (Å²) in [5.41, 5.74) is 1.65. The molecule has 1 heterocycles. The van der Waals surface area contributed by atoms with Gasteiger partial charge in [-0.2, -0.15) is 0 Å². The highest BCUT2D eigenvalue weighted by atomic mass is 32.2. The number of sulfone groups is 1. The number of esters is 1. The van der Waals surface area contributed by atoms with E-state index >= 15 is 0 Å². The molecule has 0 bridgehead atoms. The number of fused-ring (bicyclic) bond motifs is 1. The maximum Gasteiger partial charge on any atom is 0.338 e. The fraction of sp³-hybridized carbons (Fsp3) is 0.333. The van der Waals surface area contributed by atoms with Crippen molar-refractivity contribution in [3.05, 3.63) is 53.1 Å². The summed E-state index contributed by atoms with van der Waals surface area (Å²) in [4.78, 5) is 24.3. The van der Waals surface area contributed by atoms with Gasteiger partial charge >= 0.3 is 5.97 Å². The van der Waals surface area contributed by atoms with Gasteiger partial charge in [-0.3, -0.25) is 4.79 Å². The van der Waals surface area contributed by atoms with Crippen LogP contribution in [0.5, 0.6) is 11.5 Å². The van der Waals surface area contributed by atoms with Crippen LogP contribution in [0.1, 0.15) is 21.5 Å². The Labute approximate surface area is 175 Å². The average molecular weight is 433 g/mol. The lowest BCUT2D eigenvalue weighted by molar-refractivity contribution is -0.124. The highest BCUT2D eigenvalue weighted by Gasteiger charge is 2.17. The van der Waals surface area contributed by atoms with E-state index in [9.17, 15) is 18.0 Å². The van der Waals surface area contributed by atoms with Crippen LogP contribution < -0.4 is 14.8 Å². The molecule has 1 aliphatic rings. The molecule has 3 rings (SSSR count). The van der Waals surface area contributed by atoms with Gasteiger partial charge in [-0.15, -0.1) is 0 Å². The zero-order valence-corrected chi connectivity index (χ0v) is 17.6. The number of nitrogens with one attached hydrogen (secondary N) is 1.